The molecule has 1 fully saturated rings. The molecule has 1 amide bonds. The third kappa shape index (κ3) is 4.69. The number of fused-ring (bicyclic) bond motifs is 1. The third-order valence-electron chi connectivity index (χ3n) is 4.34. The Morgan fingerprint density at radius 3 is 2.59 bits per heavy atom. The number of halogens is 1. The Morgan fingerprint density at radius 2 is 2.00 bits per heavy atom. The Kier molecular flexibility index (Phi) is 5.60. The first-order valence-electron chi connectivity index (χ1n) is 9.29. The number of rotatable bonds is 3. The second-order valence-electron chi connectivity index (χ2n) is 8.18. The molecule has 27 heavy (non-hydrogen) atoms. The molecule has 9 heteroatoms. The Bertz CT molecular complexity index is 821. The van der Waals surface area contributed by atoms with Crippen LogP contribution in [0.5, 0.6) is 0 Å². The van der Waals surface area contributed by atoms with E-state index in [1.54, 1.807) is 15.6 Å². The van der Waals surface area contributed by atoms with Crippen molar-refractivity contribution in [2.75, 3.05) is 18.4 Å². The molecule has 0 saturated carbocycles. The summed E-state index contributed by atoms with van der Waals surface area (Å²) in [4.78, 5) is 23.1. The van der Waals surface area contributed by atoms with Crippen LogP contribution in [-0.4, -0.2) is 55.3 Å². The second-order valence-corrected chi connectivity index (χ2v) is 8.99. The predicted octanol–water partition coefficient (Wildman–Crippen LogP) is 3.82. The number of amides is 1. The first kappa shape index (κ1) is 19.9. The summed E-state index contributed by atoms with van der Waals surface area (Å²) in [5.41, 5.74) is 0.223. The molecule has 8 nitrogen and oxygen atoms in total. The van der Waals surface area contributed by atoms with Crippen molar-refractivity contribution in [3.8, 4) is 0 Å². The molecule has 1 N–H and O–H groups in total. The summed E-state index contributed by atoms with van der Waals surface area (Å²) < 4.78 is 8.02. The molecule has 0 unspecified atom stereocenters. The number of carbonyl (C=O) groups is 1. The van der Waals surface area contributed by atoms with Gasteiger partial charge in [-0.1, -0.05) is 13.8 Å². The lowest BCUT2D eigenvalue weighted by Crippen LogP contribution is -2.44. The van der Waals surface area contributed by atoms with E-state index in [1.807, 2.05) is 20.8 Å². The molecular formula is C18H27BrN6O2. The molecule has 3 heterocycles. The van der Waals surface area contributed by atoms with Crippen LogP contribution in [0.4, 0.5) is 10.6 Å². The molecule has 0 aromatic carbocycles. The van der Waals surface area contributed by atoms with Crippen LogP contribution < -0.4 is 5.32 Å². The Labute approximate surface area is 167 Å². The van der Waals surface area contributed by atoms with Crippen LogP contribution in [0.3, 0.4) is 0 Å². The number of likely N-dealkylation sites (tertiary alicyclic amines) is 1. The number of piperidine rings is 1. The summed E-state index contributed by atoms with van der Waals surface area (Å²) in [7, 11) is 0. The van der Waals surface area contributed by atoms with E-state index in [4.69, 9.17) is 4.74 Å². The van der Waals surface area contributed by atoms with Crippen LogP contribution in [0.25, 0.3) is 5.65 Å². The molecule has 1 aliphatic rings. The van der Waals surface area contributed by atoms with E-state index in [0.717, 1.165) is 29.1 Å². The molecule has 0 radical (unpaired) electrons. The van der Waals surface area contributed by atoms with Gasteiger partial charge in [0.1, 0.15) is 10.2 Å². The fraction of sp³-hybridized carbons (Fsp3) is 0.667. The van der Waals surface area contributed by atoms with Crippen LogP contribution in [0.2, 0.25) is 0 Å². The van der Waals surface area contributed by atoms with E-state index in [0.29, 0.717) is 18.7 Å². The lowest BCUT2D eigenvalue weighted by Gasteiger charge is -2.33. The van der Waals surface area contributed by atoms with E-state index < -0.39 is 5.60 Å². The van der Waals surface area contributed by atoms with Crippen LogP contribution in [0.1, 0.15) is 59.2 Å². The van der Waals surface area contributed by atoms with E-state index in [1.165, 1.54) is 0 Å². The number of imidazole rings is 1. The highest BCUT2D eigenvalue weighted by Gasteiger charge is 2.27. The highest BCUT2D eigenvalue weighted by atomic mass is 79.9. The van der Waals surface area contributed by atoms with Gasteiger partial charge in [-0.2, -0.15) is 0 Å². The van der Waals surface area contributed by atoms with Crippen molar-refractivity contribution < 1.29 is 9.53 Å². The molecule has 3 rings (SSSR count). The minimum Gasteiger partial charge on any atom is -0.444 e. The minimum absolute atomic E-state index is 0.207. The highest BCUT2D eigenvalue weighted by Crippen LogP contribution is 2.23. The van der Waals surface area contributed by atoms with Crippen LogP contribution >= 0.6 is 15.9 Å². The normalized spacial score (nSPS) is 16.2. The predicted molar refractivity (Wildman–Crippen MR) is 107 cm³/mol. The van der Waals surface area contributed by atoms with Crippen molar-refractivity contribution in [1.29, 1.82) is 0 Å². The van der Waals surface area contributed by atoms with Gasteiger partial charge in [0, 0.05) is 25.0 Å². The number of hydrogen-bond acceptors (Lipinski definition) is 6. The lowest BCUT2D eigenvalue weighted by molar-refractivity contribution is 0.0210. The van der Waals surface area contributed by atoms with Gasteiger partial charge in [-0.25, -0.2) is 19.3 Å². The van der Waals surface area contributed by atoms with Gasteiger partial charge in [-0.15, -0.1) is 5.10 Å². The SMILES string of the molecule is CC(C)c1nc(NC2CCN(C(=O)OC(C)(C)C)CC2)c2ncc(Br)n2n1. The number of hydrogen-bond donors (Lipinski definition) is 1. The van der Waals surface area contributed by atoms with Gasteiger partial charge in [0.2, 0.25) is 0 Å². The monoisotopic (exact) mass is 438 g/mol. The lowest BCUT2D eigenvalue weighted by atomic mass is 10.1. The van der Waals surface area contributed by atoms with Gasteiger partial charge in [-0.3, -0.25) is 0 Å². The molecule has 1 aliphatic heterocycles. The standard InChI is InChI=1S/C18H27BrN6O2/c1-11(2)14-22-15(16-20-10-13(19)25(16)23-14)21-12-6-8-24(9-7-12)17(26)27-18(3,4)5/h10-12H,6-9H2,1-5H3,(H,21,22,23). The zero-order valence-corrected chi connectivity index (χ0v) is 18.1. The highest BCUT2D eigenvalue weighted by molar-refractivity contribution is 9.10. The van der Waals surface area contributed by atoms with Crippen molar-refractivity contribution in [2.24, 2.45) is 0 Å². The summed E-state index contributed by atoms with van der Waals surface area (Å²) in [5, 5.41) is 8.05. The largest absolute Gasteiger partial charge is 0.444 e. The zero-order valence-electron chi connectivity index (χ0n) is 16.5. The fourth-order valence-electron chi connectivity index (χ4n) is 2.94. The molecule has 1 saturated heterocycles. The van der Waals surface area contributed by atoms with Crippen molar-refractivity contribution in [3.05, 3.63) is 16.6 Å². The van der Waals surface area contributed by atoms with Gasteiger partial charge < -0.3 is 15.0 Å². The third-order valence-corrected chi connectivity index (χ3v) is 4.88. The summed E-state index contributed by atoms with van der Waals surface area (Å²) in [5.74, 6) is 1.70. The summed E-state index contributed by atoms with van der Waals surface area (Å²) >= 11 is 3.48. The first-order chi connectivity index (χ1) is 12.6. The maximum atomic E-state index is 12.2. The van der Waals surface area contributed by atoms with Gasteiger partial charge in [0.05, 0.1) is 6.20 Å². The van der Waals surface area contributed by atoms with Crippen LogP contribution in [-0.2, 0) is 4.74 Å². The van der Waals surface area contributed by atoms with Crippen LogP contribution in [0.15, 0.2) is 10.8 Å². The molecule has 0 atom stereocenters. The zero-order chi connectivity index (χ0) is 19.8. The number of anilines is 1. The van der Waals surface area contributed by atoms with Gasteiger partial charge in [0.15, 0.2) is 17.3 Å². The number of ether oxygens (including phenoxy) is 1. The Balaban J connectivity index is 1.70. The molecule has 0 bridgehead atoms. The van der Waals surface area contributed by atoms with Crippen molar-refractivity contribution in [1.82, 2.24) is 24.5 Å². The number of aromatic nitrogens is 4. The smallest absolute Gasteiger partial charge is 0.410 e. The summed E-state index contributed by atoms with van der Waals surface area (Å²) in [6.45, 7) is 11.1. The number of carbonyl (C=O) groups excluding carboxylic acids is 1. The van der Waals surface area contributed by atoms with E-state index in [-0.39, 0.29) is 18.1 Å². The Morgan fingerprint density at radius 1 is 1.33 bits per heavy atom. The number of nitrogens with one attached hydrogen (secondary N) is 1. The Hall–Kier alpha value is -1.90. The minimum atomic E-state index is -0.472. The van der Waals surface area contributed by atoms with Crippen molar-refractivity contribution in [2.45, 2.75) is 65.0 Å². The number of nitrogens with zero attached hydrogens (tertiary/aromatic N) is 5. The van der Waals surface area contributed by atoms with Gasteiger partial charge in [-0.05, 0) is 49.5 Å². The topological polar surface area (TPSA) is 84.7 Å². The summed E-state index contributed by atoms with van der Waals surface area (Å²) in [6.07, 6.45) is 3.14. The molecule has 0 aliphatic carbocycles. The fourth-order valence-corrected chi connectivity index (χ4v) is 3.29. The quantitative estimate of drug-likeness (QED) is 0.783. The maximum Gasteiger partial charge on any atom is 0.410 e. The van der Waals surface area contributed by atoms with Crippen molar-refractivity contribution in [3.63, 3.8) is 0 Å². The second kappa shape index (κ2) is 7.61. The average molecular weight is 439 g/mol. The van der Waals surface area contributed by atoms with Gasteiger partial charge in [0.25, 0.3) is 0 Å². The molecule has 2 aromatic rings. The summed E-state index contributed by atoms with van der Waals surface area (Å²) in [6, 6.07) is 0.220. The van der Waals surface area contributed by atoms with Crippen LogP contribution in [0, 0.1) is 0 Å². The van der Waals surface area contributed by atoms with Gasteiger partial charge >= 0.3 is 6.09 Å². The van der Waals surface area contributed by atoms with E-state index in [2.05, 4.69) is 50.2 Å². The average Bonchev–Trinajstić information content (AvgIpc) is 2.95. The van der Waals surface area contributed by atoms with E-state index >= 15 is 0 Å². The molecular weight excluding hydrogens is 412 g/mol. The molecule has 148 valence electrons. The molecule has 2 aromatic heterocycles. The van der Waals surface area contributed by atoms with E-state index in [9.17, 15) is 4.79 Å². The van der Waals surface area contributed by atoms with Crippen molar-refractivity contribution >= 4 is 33.5 Å². The maximum absolute atomic E-state index is 12.2. The first-order valence-corrected chi connectivity index (χ1v) is 10.1. The molecule has 0 spiro atoms.